The van der Waals surface area contributed by atoms with E-state index in [0.29, 0.717) is 0 Å². The minimum absolute atomic E-state index is 1.18. The van der Waals surface area contributed by atoms with Crippen LogP contribution >= 0.6 is 40.4 Å². The van der Waals surface area contributed by atoms with Crippen LogP contribution < -0.4 is 4.57 Å². The Labute approximate surface area is 148 Å². The number of aromatic nitrogens is 2. The molecule has 0 bridgehead atoms. The first kappa shape index (κ1) is 21.9. The molecule has 0 aliphatic rings. The van der Waals surface area contributed by atoms with Gasteiger partial charge in [-0.2, -0.15) is 0 Å². The van der Waals surface area contributed by atoms with Crippen molar-refractivity contribution in [1.82, 2.24) is 4.57 Å². The third kappa shape index (κ3) is 18.8. The van der Waals surface area contributed by atoms with E-state index in [1.165, 1.54) is 57.9 Å². The summed E-state index contributed by atoms with van der Waals surface area (Å²) in [4.78, 5) is 0. The fraction of sp³-hybridized carbons (Fsp3) is 0.786. The summed E-state index contributed by atoms with van der Waals surface area (Å²) in [5.41, 5.74) is 0. The normalized spacial score (nSPS) is 11.9. The molecule has 1 rings (SSSR count). The van der Waals surface area contributed by atoms with Crippen LogP contribution in [-0.2, 0) is 22.8 Å². The fourth-order valence-corrected chi connectivity index (χ4v) is 2.06. The molecule has 0 amide bonds. The molecule has 0 aliphatic heterocycles. The van der Waals surface area contributed by atoms with Gasteiger partial charge < -0.3 is 0 Å². The second-order valence-electron chi connectivity index (χ2n) is 5.09. The summed E-state index contributed by atoms with van der Waals surface area (Å²) in [6, 6.07) is 0. The van der Waals surface area contributed by atoms with E-state index in [1.807, 2.05) is 0 Å². The first-order chi connectivity index (χ1) is 9.83. The average molecular weight is 421 g/mol. The van der Waals surface area contributed by atoms with Crippen LogP contribution in [-0.4, -0.2) is 4.57 Å². The van der Waals surface area contributed by atoms with Gasteiger partial charge in [0.2, 0.25) is 6.33 Å². The molecule has 21 heavy (non-hydrogen) atoms. The molecule has 0 aromatic carbocycles. The van der Waals surface area contributed by atoms with Gasteiger partial charge in [-0.05, 0) is 12.8 Å². The van der Waals surface area contributed by atoms with Crippen molar-refractivity contribution >= 4 is 40.4 Å². The summed E-state index contributed by atoms with van der Waals surface area (Å²) in [5.74, 6) is 0. The Morgan fingerprint density at radius 2 is 1.38 bits per heavy atom. The topological polar surface area (TPSA) is 8.81 Å². The summed E-state index contributed by atoms with van der Waals surface area (Å²) < 4.78 is 4.38. The molecule has 1 aromatic heterocycles. The molecule has 0 fully saturated rings. The molecule has 0 saturated heterocycles. The van der Waals surface area contributed by atoms with Crippen molar-refractivity contribution in [3.63, 3.8) is 0 Å². The van der Waals surface area contributed by atoms with Crippen molar-refractivity contribution in [2.75, 3.05) is 0 Å². The molecule has 0 atom stereocenters. The Morgan fingerprint density at radius 1 is 0.905 bits per heavy atom. The second-order valence-corrected chi connectivity index (χ2v) is 16.0. The molecule has 0 spiro atoms. The van der Waals surface area contributed by atoms with E-state index < -0.39 is 9.20 Å². The van der Waals surface area contributed by atoms with Crippen molar-refractivity contribution in [1.29, 1.82) is 0 Å². The zero-order chi connectivity index (χ0) is 16.1. The fourth-order valence-electron chi connectivity index (χ4n) is 2.06. The van der Waals surface area contributed by atoms with E-state index in [1.54, 1.807) is 0 Å². The maximum absolute atomic E-state index is 4.95. The molecule has 1 heterocycles. The number of aryl methyl sites for hydroxylation is 2. The first-order valence-corrected chi connectivity index (χ1v) is 13.4. The van der Waals surface area contributed by atoms with Gasteiger partial charge in [-0.25, -0.2) is 9.13 Å². The van der Waals surface area contributed by atoms with E-state index in [0.717, 1.165) is 0 Å². The third-order valence-electron chi connectivity index (χ3n) is 3.09. The Kier molecular flexibility index (Phi) is 13.9. The Morgan fingerprint density at radius 3 is 1.81 bits per heavy atom. The van der Waals surface area contributed by atoms with Crippen LogP contribution in [0, 0.1) is 0 Å². The minimum atomic E-state index is -2.61. The van der Waals surface area contributed by atoms with Gasteiger partial charge in [-0.3, -0.25) is 0 Å². The zero-order valence-corrected chi connectivity index (χ0v) is 17.0. The van der Waals surface area contributed by atoms with E-state index in [4.69, 9.17) is 40.4 Å². The standard InChI is InChI=1S/C14H27N2.4ClH.Fe/c1-3-4-5-6-7-8-9-10-11-16-13-12-15(2)14-16;;;;;/h12-14H,3-11H2,1-2H3;4*1H;/q+1;;;;;+3/p-4. The van der Waals surface area contributed by atoms with Crippen molar-refractivity contribution in [3.05, 3.63) is 18.7 Å². The molecule has 2 nitrogen and oxygen atoms in total. The molecule has 7 heteroatoms. The van der Waals surface area contributed by atoms with E-state index >= 15 is 0 Å². The van der Waals surface area contributed by atoms with Crippen LogP contribution in [0.3, 0.4) is 0 Å². The van der Waals surface area contributed by atoms with Gasteiger partial charge in [0.25, 0.3) is 0 Å². The number of halogens is 4. The summed E-state index contributed by atoms with van der Waals surface area (Å²) in [6.07, 6.45) is 17.6. The Balaban J connectivity index is 0.000000690. The molecular formula is C14H27Cl4FeN2. The van der Waals surface area contributed by atoms with E-state index in [9.17, 15) is 0 Å². The van der Waals surface area contributed by atoms with Crippen LogP contribution in [0.15, 0.2) is 18.7 Å². The molecular weight excluding hydrogens is 394 g/mol. The molecule has 129 valence electrons. The van der Waals surface area contributed by atoms with E-state index in [2.05, 4.69) is 41.8 Å². The summed E-state index contributed by atoms with van der Waals surface area (Å²) >= 11 is 0. The van der Waals surface area contributed by atoms with Crippen LogP contribution in [0.1, 0.15) is 58.3 Å². The van der Waals surface area contributed by atoms with Gasteiger partial charge in [0.05, 0.1) is 13.6 Å². The van der Waals surface area contributed by atoms with Gasteiger partial charge in [-0.15, -0.1) is 0 Å². The Bertz CT molecular complexity index is 347. The molecule has 0 radical (unpaired) electrons. The predicted octanol–water partition coefficient (Wildman–Crippen LogP) is 6.21. The van der Waals surface area contributed by atoms with Crippen molar-refractivity contribution in [2.45, 2.75) is 64.8 Å². The maximum atomic E-state index is 4.95. The average Bonchev–Trinajstić information content (AvgIpc) is 2.76. The summed E-state index contributed by atoms with van der Waals surface area (Å²) in [7, 11) is 19.3. The third-order valence-corrected chi connectivity index (χ3v) is 3.09. The SMILES string of the molecule is CCCCCCCCCCn1cc[n+](C)c1.[Cl][Fe-]([Cl])([Cl])[Cl]. The van der Waals surface area contributed by atoms with Gasteiger partial charge in [-0.1, -0.05) is 45.4 Å². The predicted molar refractivity (Wildman–Crippen MR) is 91.6 cm³/mol. The number of unbranched alkanes of at least 4 members (excludes halogenated alkanes) is 7. The van der Waals surface area contributed by atoms with E-state index in [-0.39, 0.29) is 0 Å². The zero-order valence-electron chi connectivity index (χ0n) is 12.9. The molecule has 1 aromatic rings. The monoisotopic (exact) mass is 419 g/mol. The number of nitrogens with zero attached hydrogens (tertiary/aromatic N) is 2. The van der Waals surface area contributed by atoms with Crippen molar-refractivity contribution < 1.29 is 13.8 Å². The number of rotatable bonds is 9. The summed E-state index contributed by atoms with van der Waals surface area (Å²) in [5, 5.41) is 0. The van der Waals surface area contributed by atoms with Crippen LogP contribution in [0.4, 0.5) is 0 Å². The summed E-state index contributed by atoms with van der Waals surface area (Å²) in [6.45, 7) is 3.45. The number of hydrogen-bond acceptors (Lipinski definition) is 0. The quantitative estimate of drug-likeness (QED) is 0.255. The molecule has 0 unspecified atom stereocenters. The molecule has 0 saturated carbocycles. The van der Waals surface area contributed by atoms with Crippen molar-refractivity contribution in [2.24, 2.45) is 7.05 Å². The molecule has 0 aliphatic carbocycles. The van der Waals surface area contributed by atoms with Gasteiger partial charge in [0, 0.05) is 0 Å². The number of imidazole rings is 1. The first-order valence-electron chi connectivity index (χ1n) is 7.37. The van der Waals surface area contributed by atoms with Gasteiger partial charge in [0.1, 0.15) is 12.4 Å². The second kappa shape index (κ2) is 13.3. The van der Waals surface area contributed by atoms with Gasteiger partial charge >= 0.3 is 49.6 Å². The van der Waals surface area contributed by atoms with Crippen molar-refractivity contribution in [3.8, 4) is 0 Å². The van der Waals surface area contributed by atoms with Crippen LogP contribution in [0.5, 0.6) is 0 Å². The van der Waals surface area contributed by atoms with Crippen LogP contribution in [0.25, 0.3) is 0 Å². The molecule has 0 N–H and O–H groups in total. The Hall–Kier alpha value is 0.889. The van der Waals surface area contributed by atoms with Gasteiger partial charge in [0.15, 0.2) is 0 Å². The number of hydrogen-bond donors (Lipinski definition) is 0. The van der Waals surface area contributed by atoms with Crippen LogP contribution in [0.2, 0.25) is 0 Å².